The fraction of sp³-hybridized carbons (Fsp3) is 0.259. The van der Waals surface area contributed by atoms with Crippen LogP contribution < -0.4 is 9.47 Å². The zero-order chi connectivity index (χ0) is 20.2. The van der Waals surface area contributed by atoms with Gasteiger partial charge in [-0.25, -0.2) is 0 Å². The molecule has 1 saturated heterocycles. The summed E-state index contributed by atoms with van der Waals surface area (Å²) in [5, 5.41) is 0. The lowest BCUT2D eigenvalue weighted by molar-refractivity contribution is 0.238. The predicted octanol–water partition coefficient (Wildman–Crippen LogP) is 5.66. The Kier molecular flexibility index (Phi) is 5.54. The van der Waals surface area contributed by atoms with Crippen LogP contribution >= 0.6 is 0 Å². The van der Waals surface area contributed by atoms with Gasteiger partial charge in [-0.15, -0.1) is 0 Å². The third-order valence-corrected chi connectivity index (χ3v) is 5.94. The van der Waals surface area contributed by atoms with Crippen molar-refractivity contribution in [3.63, 3.8) is 0 Å². The average Bonchev–Trinajstić information content (AvgIpc) is 3.33. The van der Waals surface area contributed by atoms with Crippen molar-refractivity contribution in [2.24, 2.45) is 0 Å². The first-order valence-corrected chi connectivity index (χ1v) is 10.9. The summed E-state index contributed by atoms with van der Waals surface area (Å²) in [6, 6.07) is 27.1. The molecule has 0 radical (unpaired) electrons. The lowest BCUT2D eigenvalue weighted by atomic mass is 9.92. The van der Waals surface area contributed by atoms with Crippen molar-refractivity contribution < 1.29 is 9.47 Å². The molecule has 5 rings (SSSR count). The van der Waals surface area contributed by atoms with Gasteiger partial charge in [0.15, 0.2) is 0 Å². The first-order chi connectivity index (χ1) is 14.9. The van der Waals surface area contributed by atoms with Crippen LogP contribution in [0.15, 0.2) is 78.9 Å². The molecule has 3 heteroatoms. The second-order valence-electron chi connectivity index (χ2n) is 7.98. The van der Waals surface area contributed by atoms with Gasteiger partial charge in [-0.3, -0.25) is 4.90 Å². The van der Waals surface area contributed by atoms with Gasteiger partial charge in [-0.05, 0) is 67.4 Å². The number of allylic oxidation sites excluding steroid dienone is 1. The molecular weight excluding hydrogens is 370 g/mol. The van der Waals surface area contributed by atoms with E-state index in [9.17, 15) is 0 Å². The first kappa shape index (κ1) is 19.0. The molecule has 0 spiro atoms. The summed E-state index contributed by atoms with van der Waals surface area (Å²) in [4.78, 5) is 2.47. The molecule has 2 heterocycles. The monoisotopic (exact) mass is 397 g/mol. The molecule has 3 aromatic carbocycles. The molecule has 3 nitrogen and oxygen atoms in total. The Morgan fingerprint density at radius 3 is 2.30 bits per heavy atom. The maximum atomic E-state index is 6.41. The number of nitrogens with zero attached hydrogens (tertiary/aromatic N) is 1. The molecule has 152 valence electrons. The van der Waals surface area contributed by atoms with Crippen molar-refractivity contribution in [1.29, 1.82) is 0 Å². The summed E-state index contributed by atoms with van der Waals surface area (Å²) < 4.78 is 12.4. The summed E-state index contributed by atoms with van der Waals surface area (Å²) in [7, 11) is 0. The Morgan fingerprint density at radius 2 is 1.50 bits per heavy atom. The number of para-hydroxylation sites is 1. The van der Waals surface area contributed by atoms with Crippen LogP contribution in [0.25, 0.3) is 11.3 Å². The van der Waals surface area contributed by atoms with E-state index in [-0.39, 0.29) is 0 Å². The largest absolute Gasteiger partial charge is 0.492 e. The van der Waals surface area contributed by atoms with Gasteiger partial charge in [0.25, 0.3) is 0 Å². The zero-order valence-corrected chi connectivity index (χ0v) is 17.2. The lowest BCUT2D eigenvalue weighted by Gasteiger charge is -2.24. The van der Waals surface area contributed by atoms with Gasteiger partial charge >= 0.3 is 0 Å². The molecule has 30 heavy (non-hydrogen) atoms. The Bertz CT molecular complexity index is 1020. The predicted molar refractivity (Wildman–Crippen MR) is 122 cm³/mol. The van der Waals surface area contributed by atoms with Crippen molar-refractivity contribution in [3.8, 4) is 11.5 Å². The number of likely N-dealkylation sites (tertiary alicyclic amines) is 1. The fourth-order valence-corrected chi connectivity index (χ4v) is 4.30. The van der Waals surface area contributed by atoms with E-state index in [1.165, 1.54) is 42.6 Å². The van der Waals surface area contributed by atoms with Gasteiger partial charge in [-0.2, -0.15) is 0 Å². The number of benzene rings is 3. The maximum absolute atomic E-state index is 6.41. The molecule has 0 bridgehead atoms. The van der Waals surface area contributed by atoms with Crippen molar-refractivity contribution in [2.75, 3.05) is 26.2 Å². The van der Waals surface area contributed by atoms with Crippen LogP contribution in [0.1, 0.15) is 29.5 Å². The summed E-state index contributed by atoms with van der Waals surface area (Å²) in [6.45, 7) is 4.15. The lowest BCUT2D eigenvalue weighted by Crippen LogP contribution is -2.25. The van der Waals surface area contributed by atoms with E-state index in [0.29, 0.717) is 0 Å². The van der Waals surface area contributed by atoms with Crippen LogP contribution in [0.2, 0.25) is 0 Å². The Balaban J connectivity index is 1.38. The molecule has 0 saturated carbocycles. The Labute approximate surface area is 178 Å². The van der Waals surface area contributed by atoms with E-state index < -0.39 is 0 Å². The van der Waals surface area contributed by atoms with Crippen LogP contribution in [-0.2, 0) is 6.42 Å². The molecule has 2 aliphatic rings. The van der Waals surface area contributed by atoms with Crippen molar-refractivity contribution in [1.82, 2.24) is 4.90 Å². The highest BCUT2D eigenvalue weighted by molar-refractivity contribution is 5.91. The maximum Gasteiger partial charge on any atom is 0.138 e. The highest BCUT2D eigenvalue weighted by atomic mass is 16.5. The fourth-order valence-electron chi connectivity index (χ4n) is 4.30. The summed E-state index contributed by atoms with van der Waals surface area (Å²) >= 11 is 0. The quantitative estimate of drug-likeness (QED) is 0.535. The average molecular weight is 398 g/mol. The second-order valence-corrected chi connectivity index (χ2v) is 7.98. The van der Waals surface area contributed by atoms with E-state index in [1.807, 2.05) is 12.1 Å². The first-order valence-electron chi connectivity index (χ1n) is 10.9. The summed E-state index contributed by atoms with van der Waals surface area (Å²) in [5.74, 6) is 2.79. The molecule has 0 aliphatic carbocycles. The summed E-state index contributed by atoms with van der Waals surface area (Å²) in [5.41, 5.74) is 4.72. The van der Waals surface area contributed by atoms with Crippen molar-refractivity contribution >= 4 is 11.3 Å². The molecule has 0 N–H and O–H groups in total. The minimum absolute atomic E-state index is 0.737. The highest BCUT2D eigenvalue weighted by Crippen LogP contribution is 2.39. The van der Waals surface area contributed by atoms with Gasteiger partial charge in [0.1, 0.15) is 23.9 Å². The number of rotatable bonds is 6. The summed E-state index contributed by atoms with van der Waals surface area (Å²) in [6.07, 6.45) is 3.50. The van der Waals surface area contributed by atoms with Gasteiger partial charge < -0.3 is 9.47 Å². The van der Waals surface area contributed by atoms with Gasteiger partial charge in [0.05, 0.1) is 0 Å². The smallest absolute Gasteiger partial charge is 0.138 e. The highest BCUT2D eigenvalue weighted by Gasteiger charge is 2.22. The van der Waals surface area contributed by atoms with Gasteiger partial charge in [0.2, 0.25) is 0 Å². The molecule has 0 amide bonds. The van der Waals surface area contributed by atoms with Gasteiger partial charge in [-0.1, -0.05) is 48.5 Å². The van der Waals surface area contributed by atoms with Crippen LogP contribution in [0, 0.1) is 0 Å². The molecule has 0 aromatic heterocycles. The van der Waals surface area contributed by atoms with E-state index >= 15 is 0 Å². The number of fused-ring (bicyclic) bond motifs is 1. The Morgan fingerprint density at radius 1 is 0.767 bits per heavy atom. The van der Waals surface area contributed by atoms with Crippen LogP contribution in [0.5, 0.6) is 11.5 Å². The Hall–Kier alpha value is -3.04. The zero-order valence-electron chi connectivity index (χ0n) is 17.2. The van der Waals surface area contributed by atoms with Crippen molar-refractivity contribution in [2.45, 2.75) is 19.3 Å². The van der Waals surface area contributed by atoms with Crippen LogP contribution in [0.4, 0.5) is 0 Å². The molecule has 0 atom stereocenters. The van der Waals surface area contributed by atoms with Gasteiger partial charge in [0, 0.05) is 24.1 Å². The minimum Gasteiger partial charge on any atom is -0.492 e. The van der Waals surface area contributed by atoms with Crippen molar-refractivity contribution in [3.05, 3.63) is 95.6 Å². The van der Waals surface area contributed by atoms with Crippen LogP contribution in [-0.4, -0.2) is 31.1 Å². The third kappa shape index (κ3) is 4.12. The van der Waals surface area contributed by atoms with E-state index in [0.717, 1.165) is 42.4 Å². The number of ether oxygens (including phenoxy) is 2. The van der Waals surface area contributed by atoms with E-state index in [4.69, 9.17) is 9.47 Å². The normalized spacial score (nSPS) is 16.3. The SMILES string of the molecule is c1ccc(C2=C(c3ccc(OCCN4CCCC4)cc3)Oc3ccccc3C2)cc1. The van der Waals surface area contributed by atoms with Crippen LogP contribution in [0.3, 0.4) is 0 Å². The molecular formula is C27H27NO2. The third-order valence-electron chi connectivity index (χ3n) is 5.94. The topological polar surface area (TPSA) is 21.7 Å². The minimum atomic E-state index is 0.737. The second kappa shape index (κ2) is 8.76. The van der Waals surface area contributed by atoms with E-state index in [2.05, 4.69) is 71.6 Å². The molecule has 0 unspecified atom stereocenters. The molecule has 2 aliphatic heterocycles. The standard InChI is InChI=1S/C27H27NO2/c1-2-8-21(9-3-1)25-20-23-10-4-5-11-26(23)30-27(25)22-12-14-24(15-13-22)29-19-18-28-16-6-7-17-28/h1-5,8-15H,6-7,16-20H2. The number of hydrogen-bond donors (Lipinski definition) is 0. The molecule has 3 aromatic rings. The molecule has 1 fully saturated rings. The van der Waals surface area contributed by atoms with E-state index in [1.54, 1.807) is 0 Å². The number of hydrogen-bond acceptors (Lipinski definition) is 3.